The molecule has 0 atom stereocenters. The van der Waals surface area contributed by atoms with E-state index in [-0.39, 0.29) is 17.7 Å². The Hall–Kier alpha value is -2.02. The van der Waals surface area contributed by atoms with Gasteiger partial charge in [0.15, 0.2) is 0 Å². The summed E-state index contributed by atoms with van der Waals surface area (Å²) < 4.78 is 28.9. The van der Waals surface area contributed by atoms with E-state index in [1.54, 1.807) is 6.92 Å². The lowest BCUT2D eigenvalue weighted by Crippen LogP contribution is -2.31. The average molecular weight is 357 g/mol. The van der Waals surface area contributed by atoms with E-state index in [9.17, 15) is 18.4 Å². The van der Waals surface area contributed by atoms with Crippen molar-refractivity contribution in [1.29, 1.82) is 0 Å². The zero-order chi connectivity index (χ0) is 15.6. The van der Waals surface area contributed by atoms with Crippen LogP contribution in [0.25, 0.3) is 6.08 Å². The third-order valence-corrected chi connectivity index (χ3v) is 3.01. The number of hydrogen-bond donors (Lipinski definition) is 1. The standard InChI is InChI=1S/C14H11BrF2N2O2/c1-8(15)5-9-6-19(14(21)18-13(9)20)7-10-11(16)3-2-4-12(10)17/h2-6H,7H2,1H3,(H,18,20,21)/b8-5-. The highest BCUT2D eigenvalue weighted by molar-refractivity contribution is 9.11. The minimum atomic E-state index is -0.748. The summed E-state index contributed by atoms with van der Waals surface area (Å²) in [6.07, 6.45) is 2.77. The molecule has 0 fully saturated rings. The maximum Gasteiger partial charge on any atom is 0.328 e. The Morgan fingerprint density at radius 2 is 1.95 bits per heavy atom. The molecule has 1 heterocycles. The molecule has 110 valence electrons. The summed E-state index contributed by atoms with van der Waals surface area (Å²) in [5.41, 5.74) is -1.33. The van der Waals surface area contributed by atoms with E-state index in [4.69, 9.17) is 0 Å². The Balaban J connectivity index is 2.53. The molecule has 2 rings (SSSR count). The van der Waals surface area contributed by atoms with E-state index in [2.05, 4.69) is 20.9 Å². The number of halogens is 3. The van der Waals surface area contributed by atoms with Crippen LogP contribution in [0, 0.1) is 11.6 Å². The van der Waals surface area contributed by atoms with Gasteiger partial charge in [-0.05, 0) is 29.6 Å². The van der Waals surface area contributed by atoms with Gasteiger partial charge in [0.2, 0.25) is 0 Å². The monoisotopic (exact) mass is 356 g/mol. The van der Waals surface area contributed by atoms with E-state index < -0.39 is 22.9 Å². The molecule has 0 aliphatic rings. The van der Waals surface area contributed by atoms with Gasteiger partial charge in [-0.1, -0.05) is 22.0 Å². The highest BCUT2D eigenvalue weighted by Gasteiger charge is 2.11. The Labute approximate surface area is 126 Å². The molecule has 0 aliphatic carbocycles. The molecule has 21 heavy (non-hydrogen) atoms. The number of aromatic nitrogens is 2. The average Bonchev–Trinajstić information content (AvgIpc) is 2.38. The van der Waals surface area contributed by atoms with Gasteiger partial charge in [0.1, 0.15) is 11.6 Å². The summed E-state index contributed by atoms with van der Waals surface area (Å²) >= 11 is 3.18. The van der Waals surface area contributed by atoms with Crippen LogP contribution in [0.5, 0.6) is 0 Å². The lowest BCUT2D eigenvalue weighted by Gasteiger charge is -2.08. The van der Waals surface area contributed by atoms with Crippen molar-refractivity contribution in [2.75, 3.05) is 0 Å². The molecule has 0 spiro atoms. The number of benzene rings is 1. The van der Waals surface area contributed by atoms with Crippen LogP contribution >= 0.6 is 15.9 Å². The van der Waals surface area contributed by atoms with E-state index in [1.807, 2.05) is 0 Å². The van der Waals surface area contributed by atoms with Crippen LogP contribution in [0.15, 0.2) is 38.5 Å². The summed E-state index contributed by atoms with van der Waals surface area (Å²) in [5, 5.41) is 0. The van der Waals surface area contributed by atoms with Crippen molar-refractivity contribution >= 4 is 22.0 Å². The largest absolute Gasteiger partial charge is 0.328 e. The van der Waals surface area contributed by atoms with Crippen LogP contribution in [0.1, 0.15) is 18.1 Å². The van der Waals surface area contributed by atoms with Crippen LogP contribution in [0.2, 0.25) is 0 Å². The fraction of sp³-hybridized carbons (Fsp3) is 0.143. The summed E-state index contributed by atoms with van der Waals surface area (Å²) in [4.78, 5) is 25.5. The van der Waals surface area contributed by atoms with Crippen molar-refractivity contribution in [2.45, 2.75) is 13.5 Å². The fourth-order valence-corrected chi connectivity index (χ4v) is 2.06. The van der Waals surface area contributed by atoms with Crippen molar-refractivity contribution in [3.05, 3.63) is 72.5 Å². The summed E-state index contributed by atoms with van der Waals surface area (Å²) in [7, 11) is 0. The van der Waals surface area contributed by atoms with Crippen molar-refractivity contribution < 1.29 is 8.78 Å². The van der Waals surface area contributed by atoms with Gasteiger partial charge in [-0.3, -0.25) is 14.3 Å². The lowest BCUT2D eigenvalue weighted by atomic mass is 10.2. The number of aromatic amines is 1. The lowest BCUT2D eigenvalue weighted by molar-refractivity contribution is 0.539. The van der Waals surface area contributed by atoms with Gasteiger partial charge in [-0.2, -0.15) is 0 Å². The van der Waals surface area contributed by atoms with Gasteiger partial charge in [0.25, 0.3) is 5.56 Å². The summed E-state index contributed by atoms with van der Waals surface area (Å²) in [6.45, 7) is 1.40. The number of rotatable bonds is 3. The highest BCUT2D eigenvalue weighted by atomic mass is 79.9. The van der Waals surface area contributed by atoms with Gasteiger partial charge in [-0.25, -0.2) is 13.6 Å². The molecule has 2 aromatic rings. The number of H-pyrrole nitrogens is 1. The molecule has 1 aromatic carbocycles. The minimum absolute atomic E-state index is 0.209. The highest BCUT2D eigenvalue weighted by Crippen LogP contribution is 2.13. The van der Waals surface area contributed by atoms with Gasteiger partial charge >= 0.3 is 5.69 Å². The molecule has 0 amide bonds. The van der Waals surface area contributed by atoms with Gasteiger partial charge in [0, 0.05) is 11.8 Å². The zero-order valence-corrected chi connectivity index (χ0v) is 12.6. The molecule has 7 heteroatoms. The predicted octanol–water partition coefficient (Wildman–Crippen LogP) is 2.62. The maximum absolute atomic E-state index is 13.6. The molecule has 0 bridgehead atoms. The molecule has 0 radical (unpaired) electrons. The molecular weight excluding hydrogens is 346 g/mol. The number of allylic oxidation sites excluding steroid dienone is 1. The second kappa shape index (κ2) is 6.17. The first-order valence-corrected chi connectivity index (χ1v) is 6.78. The van der Waals surface area contributed by atoms with Crippen molar-refractivity contribution in [3.8, 4) is 0 Å². The zero-order valence-electron chi connectivity index (χ0n) is 11.0. The van der Waals surface area contributed by atoms with E-state index in [1.165, 1.54) is 18.3 Å². The van der Waals surface area contributed by atoms with Crippen LogP contribution in [-0.2, 0) is 6.54 Å². The van der Waals surface area contributed by atoms with Crippen LogP contribution in [0.3, 0.4) is 0 Å². The molecular formula is C14H11BrF2N2O2. The number of hydrogen-bond acceptors (Lipinski definition) is 2. The van der Waals surface area contributed by atoms with Crippen LogP contribution < -0.4 is 11.2 Å². The Morgan fingerprint density at radius 3 is 2.52 bits per heavy atom. The van der Waals surface area contributed by atoms with E-state index in [0.717, 1.165) is 16.7 Å². The maximum atomic E-state index is 13.6. The molecule has 0 unspecified atom stereocenters. The van der Waals surface area contributed by atoms with Crippen molar-refractivity contribution in [3.63, 3.8) is 0 Å². The van der Waals surface area contributed by atoms with Gasteiger partial charge < -0.3 is 0 Å². The minimum Gasteiger partial charge on any atom is -0.295 e. The third kappa shape index (κ3) is 3.55. The second-order valence-electron chi connectivity index (χ2n) is 4.40. The molecule has 0 saturated carbocycles. The van der Waals surface area contributed by atoms with Crippen molar-refractivity contribution in [2.24, 2.45) is 0 Å². The van der Waals surface area contributed by atoms with Gasteiger partial charge in [-0.15, -0.1) is 0 Å². The van der Waals surface area contributed by atoms with Crippen LogP contribution in [0.4, 0.5) is 8.78 Å². The molecule has 0 aliphatic heterocycles. The molecule has 0 saturated heterocycles. The first kappa shape index (κ1) is 15.4. The summed E-state index contributed by atoms with van der Waals surface area (Å²) in [5.74, 6) is -1.50. The number of nitrogens with one attached hydrogen (secondary N) is 1. The smallest absolute Gasteiger partial charge is 0.295 e. The first-order valence-electron chi connectivity index (χ1n) is 5.99. The van der Waals surface area contributed by atoms with Gasteiger partial charge in [0.05, 0.1) is 12.1 Å². The van der Waals surface area contributed by atoms with Crippen molar-refractivity contribution in [1.82, 2.24) is 9.55 Å². The molecule has 1 N–H and O–H groups in total. The summed E-state index contributed by atoms with van der Waals surface area (Å²) in [6, 6.07) is 3.46. The topological polar surface area (TPSA) is 54.9 Å². The van der Waals surface area contributed by atoms with E-state index in [0.29, 0.717) is 4.48 Å². The third-order valence-electron chi connectivity index (χ3n) is 2.78. The SMILES string of the molecule is C/C(Br)=C/c1cn(Cc2c(F)cccc2F)c(=O)[nH]c1=O. The number of nitrogens with zero attached hydrogens (tertiary/aromatic N) is 1. The quantitative estimate of drug-likeness (QED) is 0.918. The molecule has 1 aromatic heterocycles. The molecule has 4 nitrogen and oxygen atoms in total. The normalized spacial score (nSPS) is 11.7. The van der Waals surface area contributed by atoms with Crippen LogP contribution in [-0.4, -0.2) is 9.55 Å². The first-order chi connectivity index (χ1) is 9.88. The Morgan fingerprint density at radius 1 is 1.33 bits per heavy atom. The Bertz CT molecular complexity index is 800. The second-order valence-corrected chi connectivity index (χ2v) is 5.65. The van der Waals surface area contributed by atoms with E-state index >= 15 is 0 Å². The Kier molecular flexibility index (Phi) is 4.52. The fourth-order valence-electron chi connectivity index (χ4n) is 1.81. The predicted molar refractivity (Wildman–Crippen MR) is 79.4 cm³/mol.